The number of sulfonamides is 1. The zero-order chi connectivity index (χ0) is 33.9. The number of nitrogens with zero attached hydrogens (tertiary/aromatic N) is 2. The molecule has 12 nitrogen and oxygen atoms in total. The van der Waals surface area contributed by atoms with Crippen molar-refractivity contribution in [1.29, 1.82) is 0 Å². The van der Waals surface area contributed by atoms with E-state index in [1.54, 1.807) is 30.3 Å². The monoisotopic (exact) mass is 716 g/mol. The highest BCUT2D eigenvalue weighted by atomic mass is 32.2. The van der Waals surface area contributed by atoms with E-state index in [1.807, 2.05) is 6.92 Å². The lowest BCUT2D eigenvalue weighted by molar-refractivity contribution is -0.142. The maximum Gasteiger partial charge on any atom is 0.407 e. The zero-order valence-corrected chi connectivity index (χ0v) is 28.8. The first-order valence-corrected chi connectivity index (χ1v) is 19.2. The number of nitrogens with one attached hydrogen (secondary N) is 2. The lowest BCUT2D eigenvalue weighted by Crippen LogP contribution is -2.53. The third-order valence-corrected chi connectivity index (χ3v) is 13.1. The molecule has 6 aliphatic rings. The molecule has 7 atom stereocenters. The maximum absolute atomic E-state index is 14.3. The summed E-state index contributed by atoms with van der Waals surface area (Å²) in [4.78, 5) is 18.2. The fraction of sp³-hybridized carbons (Fsp3) is 0.588. The molecule has 0 spiro atoms. The van der Waals surface area contributed by atoms with Crippen molar-refractivity contribution in [2.24, 2.45) is 17.3 Å². The van der Waals surface area contributed by atoms with Gasteiger partial charge in [0.15, 0.2) is 11.4 Å². The van der Waals surface area contributed by atoms with Crippen LogP contribution >= 0.6 is 11.3 Å². The van der Waals surface area contributed by atoms with Gasteiger partial charge < -0.3 is 34.7 Å². The van der Waals surface area contributed by atoms with Crippen LogP contribution in [0.5, 0.6) is 0 Å². The summed E-state index contributed by atoms with van der Waals surface area (Å²) in [5.74, 6) is -0.770. The third-order valence-electron chi connectivity index (χ3n) is 10.3. The van der Waals surface area contributed by atoms with Crippen molar-refractivity contribution >= 4 is 42.8 Å². The van der Waals surface area contributed by atoms with Crippen LogP contribution in [-0.4, -0.2) is 98.5 Å². The van der Waals surface area contributed by atoms with Crippen molar-refractivity contribution in [3.05, 3.63) is 53.8 Å². The number of carbonyl (C=O) groups is 1. The van der Waals surface area contributed by atoms with Gasteiger partial charge in [-0.25, -0.2) is 22.6 Å². The van der Waals surface area contributed by atoms with E-state index in [-0.39, 0.29) is 47.8 Å². The van der Waals surface area contributed by atoms with Crippen LogP contribution in [0.3, 0.4) is 0 Å². The summed E-state index contributed by atoms with van der Waals surface area (Å²) in [5.41, 5.74) is 1.16. The van der Waals surface area contributed by atoms with Crippen LogP contribution in [0.1, 0.15) is 38.2 Å². The minimum absolute atomic E-state index is 0.114. The lowest BCUT2D eigenvalue weighted by Gasteiger charge is -2.36. The van der Waals surface area contributed by atoms with E-state index in [1.165, 1.54) is 27.8 Å². The van der Waals surface area contributed by atoms with Crippen LogP contribution in [0.25, 0.3) is 10.2 Å². The predicted octanol–water partition coefficient (Wildman–Crippen LogP) is 3.89. The van der Waals surface area contributed by atoms with E-state index >= 15 is 0 Å². The lowest BCUT2D eigenvalue weighted by atomic mass is 9.87. The third kappa shape index (κ3) is 7.16. The van der Waals surface area contributed by atoms with Crippen molar-refractivity contribution in [3.8, 4) is 0 Å². The second-order valence-corrected chi connectivity index (χ2v) is 17.4. The molecule has 5 unspecified atom stereocenters. The molecule has 3 N–H and O–H groups in total. The number of aliphatic hydroxyl groups is 1. The Kier molecular flexibility index (Phi) is 8.82. The molecular formula is C34H41FN4O8S2. The maximum atomic E-state index is 14.3. The van der Waals surface area contributed by atoms with Crippen LogP contribution in [-0.2, 0) is 35.4 Å². The van der Waals surface area contributed by atoms with Gasteiger partial charge >= 0.3 is 6.09 Å². The Labute approximate surface area is 288 Å². The number of anilines is 1. The Morgan fingerprint density at radius 1 is 1.14 bits per heavy atom. The normalized spacial score (nSPS) is 28.3. The average molecular weight is 717 g/mol. The van der Waals surface area contributed by atoms with Gasteiger partial charge in [0.1, 0.15) is 18.0 Å². The second kappa shape index (κ2) is 13.0. The molecule has 1 aromatic heterocycles. The SMILES string of the molecule is CC1(CN(C[C@@H](O)[C@H](Cc2ccc(F)cc2)NC(=O)OC2C3COC4OCC2C4OC3)S(=O)(=O)c2ccc3nc(NC4CC4)sc3c2)CC1. The topological polar surface area (TPSA) is 149 Å². The van der Waals surface area contributed by atoms with Gasteiger partial charge in [0.25, 0.3) is 0 Å². The van der Waals surface area contributed by atoms with Gasteiger partial charge in [0, 0.05) is 25.0 Å². The highest BCUT2D eigenvalue weighted by molar-refractivity contribution is 7.89. The Balaban J connectivity index is 1.03. The molecule has 264 valence electrons. The quantitative estimate of drug-likeness (QED) is 0.238. The highest BCUT2D eigenvalue weighted by Gasteiger charge is 2.54. The molecule has 4 saturated heterocycles. The van der Waals surface area contributed by atoms with E-state index < -0.39 is 46.5 Å². The van der Waals surface area contributed by atoms with Crippen LogP contribution in [0.15, 0.2) is 47.4 Å². The van der Waals surface area contributed by atoms with Crippen molar-refractivity contribution in [3.63, 3.8) is 0 Å². The Hall–Kier alpha value is -2.92. The van der Waals surface area contributed by atoms with E-state index in [4.69, 9.17) is 18.9 Å². The Morgan fingerprint density at radius 2 is 1.90 bits per heavy atom. The number of halogens is 1. The summed E-state index contributed by atoms with van der Waals surface area (Å²) >= 11 is 1.42. The largest absolute Gasteiger partial charge is 0.445 e. The number of fused-ring (bicyclic) bond motifs is 3. The number of aliphatic hydroxyl groups excluding tert-OH is 1. The van der Waals surface area contributed by atoms with E-state index in [9.17, 15) is 22.7 Å². The molecule has 2 aliphatic carbocycles. The molecular weight excluding hydrogens is 676 g/mol. The molecule has 6 fully saturated rings. The number of benzene rings is 2. The van der Waals surface area contributed by atoms with Gasteiger partial charge in [-0.15, -0.1) is 0 Å². The molecule has 9 rings (SSSR count). The fourth-order valence-corrected chi connectivity index (χ4v) is 9.67. The van der Waals surface area contributed by atoms with Crippen LogP contribution in [0.2, 0.25) is 0 Å². The number of rotatable bonds is 13. The summed E-state index contributed by atoms with van der Waals surface area (Å²) in [6.07, 6.45) is 0.644. The molecule has 1 amide bonds. The van der Waals surface area contributed by atoms with Crippen LogP contribution < -0.4 is 10.6 Å². The van der Waals surface area contributed by atoms with Gasteiger partial charge in [-0.2, -0.15) is 4.31 Å². The Morgan fingerprint density at radius 3 is 2.65 bits per heavy atom. The van der Waals surface area contributed by atoms with Crippen molar-refractivity contribution < 1.29 is 41.7 Å². The summed E-state index contributed by atoms with van der Waals surface area (Å²) in [7, 11) is -4.06. The van der Waals surface area contributed by atoms with Crippen molar-refractivity contribution in [2.75, 3.05) is 38.2 Å². The first-order chi connectivity index (χ1) is 23.5. The van der Waals surface area contributed by atoms with Gasteiger partial charge in [0.2, 0.25) is 10.0 Å². The summed E-state index contributed by atoms with van der Waals surface area (Å²) in [6.45, 7) is 3.01. The number of thiazole rings is 1. The molecule has 2 saturated carbocycles. The second-order valence-electron chi connectivity index (χ2n) is 14.5. The number of hydrogen-bond donors (Lipinski definition) is 3. The van der Waals surface area contributed by atoms with Crippen LogP contribution in [0.4, 0.5) is 14.3 Å². The van der Waals surface area contributed by atoms with Crippen molar-refractivity contribution in [1.82, 2.24) is 14.6 Å². The number of carbonyl (C=O) groups excluding carboxylic acids is 1. The first-order valence-electron chi connectivity index (χ1n) is 16.9. The standard InChI is InChI=1S/C34H41FN4O8S2/c1-34(10-11-34)18-39(49(42,43)23-8-9-25-28(13-23)48-32(37-25)36-22-6-7-22)14-27(40)26(12-19-2-4-21(35)5-3-19)38-33(41)47-29-20-15-44-30-24(29)17-46-31(30)45-16-20/h2-5,8-9,13,20,22,24,26-27,29-31,40H,6-7,10-12,14-18H2,1H3,(H,36,37)(H,38,41)/t20?,24?,26-,27+,29?,30?,31?/m0/s1. The molecule has 15 heteroatoms. The first kappa shape index (κ1) is 33.2. The summed E-state index contributed by atoms with van der Waals surface area (Å²) < 4.78 is 67.8. The number of aromatic nitrogens is 1. The minimum Gasteiger partial charge on any atom is -0.445 e. The van der Waals surface area contributed by atoms with Gasteiger partial charge in [-0.05, 0) is 73.4 Å². The molecule has 4 bridgehead atoms. The molecule has 3 aromatic rings. The number of hydrogen-bond acceptors (Lipinski definition) is 11. The molecule has 49 heavy (non-hydrogen) atoms. The number of ether oxygens (including phenoxy) is 4. The van der Waals surface area contributed by atoms with E-state index in [0.29, 0.717) is 31.4 Å². The van der Waals surface area contributed by atoms with E-state index in [2.05, 4.69) is 15.6 Å². The minimum atomic E-state index is -4.06. The highest BCUT2D eigenvalue weighted by Crippen LogP contribution is 2.46. The van der Waals surface area contributed by atoms with Crippen LogP contribution in [0, 0.1) is 23.1 Å². The average Bonchev–Trinajstić information content (AvgIpc) is 3.97. The summed E-state index contributed by atoms with van der Waals surface area (Å²) in [5, 5.41) is 18.7. The fourth-order valence-electron chi connectivity index (χ4n) is 6.97. The molecule has 4 aliphatic heterocycles. The zero-order valence-electron chi connectivity index (χ0n) is 27.1. The smallest absolute Gasteiger partial charge is 0.407 e. The molecule has 0 radical (unpaired) electrons. The summed E-state index contributed by atoms with van der Waals surface area (Å²) in [6, 6.07) is 10.2. The van der Waals surface area contributed by atoms with Gasteiger partial charge in [-0.3, -0.25) is 0 Å². The van der Waals surface area contributed by atoms with Gasteiger partial charge in [-0.1, -0.05) is 30.4 Å². The number of alkyl carbamates (subject to hydrolysis) is 1. The number of amides is 1. The predicted molar refractivity (Wildman–Crippen MR) is 178 cm³/mol. The molecule has 5 heterocycles. The van der Waals surface area contributed by atoms with E-state index in [0.717, 1.165) is 41.0 Å². The molecule has 2 aromatic carbocycles. The Bertz CT molecular complexity index is 1800. The van der Waals surface area contributed by atoms with Crippen molar-refractivity contribution in [2.45, 2.75) is 80.6 Å². The van der Waals surface area contributed by atoms with Gasteiger partial charge in [0.05, 0.1) is 53.0 Å².